The number of aromatic nitrogens is 4. The third-order valence-corrected chi connectivity index (χ3v) is 4.10. The van der Waals surface area contributed by atoms with Crippen molar-refractivity contribution >= 4 is 34.5 Å². The average Bonchev–Trinajstić information content (AvgIpc) is 2.89. The Kier molecular flexibility index (Phi) is 5.90. The normalized spacial score (nSPS) is 11.6. The van der Waals surface area contributed by atoms with E-state index in [4.69, 9.17) is 21.1 Å². The Hall–Kier alpha value is -2.91. The number of anilines is 1. The summed E-state index contributed by atoms with van der Waals surface area (Å²) in [5, 5.41) is 2.69. The Labute approximate surface area is 172 Å². The van der Waals surface area contributed by atoms with Gasteiger partial charge in [-0.05, 0) is 50.6 Å². The molecule has 0 aliphatic carbocycles. The minimum atomic E-state index is -0.624. The summed E-state index contributed by atoms with van der Waals surface area (Å²) in [6.07, 6.45) is 0.913. The number of nitrogens with one attached hydrogen (secondary N) is 1. The molecule has 0 fully saturated rings. The van der Waals surface area contributed by atoms with Gasteiger partial charge in [-0.2, -0.15) is 4.98 Å². The second kappa shape index (κ2) is 8.22. The summed E-state index contributed by atoms with van der Waals surface area (Å²) in [5.41, 5.74) is 0.938. The molecule has 0 saturated heterocycles. The molecular weight excluding hydrogens is 398 g/mol. The Bertz CT molecular complexity index is 1100. The van der Waals surface area contributed by atoms with Crippen LogP contribution in [-0.2, 0) is 16.0 Å². The lowest BCUT2D eigenvalue weighted by Crippen LogP contribution is -2.27. The van der Waals surface area contributed by atoms with Gasteiger partial charge in [-0.15, -0.1) is 0 Å². The van der Waals surface area contributed by atoms with Crippen LogP contribution in [0.15, 0.2) is 35.3 Å². The Morgan fingerprint density at radius 3 is 2.76 bits per heavy atom. The molecule has 0 spiro atoms. The van der Waals surface area contributed by atoms with Gasteiger partial charge in [0.15, 0.2) is 5.65 Å². The van der Waals surface area contributed by atoms with Crippen LogP contribution in [0.5, 0.6) is 0 Å². The van der Waals surface area contributed by atoms with Crippen molar-refractivity contribution in [3.8, 4) is 5.69 Å². The quantitative estimate of drug-likeness (QED) is 0.637. The topological polar surface area (TPSA) is 100 Å². The van der Waals surface area contributed by atoms with Gasteiger partial charge in [-0.1, -0.05) is 6.07 Å². The van der Waals surface area contributed by atoms with Crippen LogP contribution in [0.25, 0.3) is 16.9 Å². The standard InChI is InChI=1S/C19H22ClN5O4/c1-19(2,3)29-17(26)22-12-6-5-7-13(10-12)25-15-14(11-21-16(20)23-15)24(18(25)27)8-9-28-4/h5-7,10-11H,8-9H2,1-4H3,(H,22,26). The summed E-state index contributed by atoms with van der Waals surface area (Å²) in [6.45, 7) is 6.02. The molecule has 0 radical (unpaired) electrons. The van der Waals surface area contributed by atoms with Crippen molar-refractivity contribution in [2.75, 3.05) is 19.0 Å². The molecule has 2 aromatic heterocycles. The fourth-order valence-electron chi connectivity index (χ4n) is 2.79. The second-order valence-corrected chi connectivity index (χ2v) is 7.63. The summed E-state index contributed by atoms with van der Waals surface area (Å²) >= 11 is 5.96. The first-order chi connectivity index (χ1) is 13.7. The van der Waals surface area contributed by atoms with Crippen LogP contribution in [0.3, 0.4) is 0 Å². The van der Waals surface area contributed by atoms with Gasteiger partial charge in [-0.25, -0.2) is 19.1 Å². The summed E-state index contributed by atoms with van der Waals surface area (Å²) in [4.78, 5) is 33.3. The largest absolute Gasteiger partial charge is 0.444 e. The Balaban J connectivity index is 2.05. The Morgan fingerprint density at radius 1 is 1.31 bits per heavy atom. The fourth-order valence-corrected chi connectivity index (χ4v) is 2.92. The summed E-state index contributed by atoms with van der Waals surface area (Å²) < 4.78 is 13.3. The maximum absolute atomic E-state index is 13.1. The molecule has 1 aromatic carbocycles. The third kappa shape index (κ3) is 4.75. The predicted octanol–water partition coefficient (Wildman–Crippen LogP) is 3.23. The van der Waals surface area contributed by atoms with E-state index in [1.165, 1.54) is 15.3 Å². The number of fused-ring (bicyclic) bond motifs is 1. The molecule has 0 unspecified atom stereocenters. The van der Waals surface area contributed by atoms with Crippen LogP contribution in [0.4, 0.5) is 10.5 Å². The highest BCUT2D eigenvalue weighted by Gasteiger charge is 2.19. The van der Waals surface area contributed by atoms with Crippen LogP contribution in [0.2, 0.25) is 5.28 Å². The van der Waals surface area contributed by atoms with E-state index >= 15 is 0 Å². The highest BCUT2D eigenvalue weighted by Crippen LogP contribution is 2.20. The van der Waals surface area contributed by atoms with Gasteiger partial charge < -0.3 is 9.47 Å². The number of rotatable bonds is 5. The number of amides is 1. The van der Waals surface area contributed by atoms with E-state index < -0.39 is 11.7 Å². The predicted molar refractivity (Wildman–Crippen MR) is 110 cm³/mol. The van der Waals surface area contributed by atoms with Crippen molar-refractivity contribution < 1.29 is 14.3 Å². The first-order valence-corrected chi connectivity index (χ1v) is 9.30. The minimum Gasteiger partial charge on any atom is -0.444 e. The fraction of sp³-hybridized carbons (Fsp3) is 0.368. The third-order valence-electron chi connectivity index (χ3n) is 3.91. The zero-order valence-corrected chi connectivity index (χ0v) is 17.4. The van der Waals surface area contributed by atoms with E-state index in [-0.39, 0.29) is 11.0 Å². The smallest absolute Gasteiger partial charge is 0.412 e. The average molecular weight is 420 g/mol. The monoisotopic (exact) mass is 419 g/mol. The molecule has 3 rings (SSSR count). The van der Waals surface area contributed by atoms with Gasteiger partial charge in [0.2, 0.25) is 5.28 Å². The molecule has 1 N–H and O–H groups in total. The summed E-state index contributed by atoms with van der Waals surface area (Å²) in [5.74, 6) is 0. The van der Waals surface area contributed by atoms with Gasteiger partial charge >= 0.3 is 11.8 Å². The molecule has 0 saturated carbocycles. The van der Waals surface area contributed by atoms with Crippen molar-refractivity contribution in [2.24, 2.45) is 0 Å². The lowest BCUT2D eigenvalue weighted by molar-refractivity contribution is 0.0636. The van der Waals surface area contributed by atoms with Gasteiger partial charge in [-0.3, -0.25) is 9.88 Å². The van der Waals surface area contributed by atoms with E-state index in [1.54, 1.807) is 52.1 Å². The van der Waals surface area contributed by atoms with Crippen molar-refractivity contribution in [3.05, 3.63) is 46.2 Å². The van der Waals surface area contributed by atoms with E-state index in [0.29, 0.717) is 35.7 Å². The molecule has 154 valence electrons. The number of nitrogens with zero attached hydrogens (tertiary/aromatic N) is 4. The first-order valence-electron chi connectivity index (χ1n) is 8.93. The van der Waals surface area contributed by atoms with Gasteiger partial charge in [0.05, 0.1) is 25.0 Å². The molecule has 9 nitrogen and oxygen atoms in total. The van der Waals surface area contributed by atoms with Crippen molar-refractivity contribution in [1.82, 2.24) is 19.1 Å². The minimum absolute atomic E-state index is 0.0261. The van der Waals surface area contributed by atoms with Crippen LogP contribution < -0.4 is 11.0 Å². The molecule has 10 heteroatoms. The highest BCUT2D eigenvalue weighted by atomic mass is 35.5. The SMILES string of the molecule is COCCn1c(=O)n(-c2cccc(NC(=O)OC(C)(C)C)c2)c2nc(Cl)ncc21. The van der Waals surface area contributed by atoms with E-state index in [2.05, 4.69) is 15.3 Å². The lowest BCUT2D eigenvalue weighted by atomic mass is 10.2. The molecule has 0 atom stereocenters. The number of hydrogen-bond donors (Lipinski definition) is 1. The van der Waals surface area contributed by atoms with Crippen molar-refractivity contribution in [3.63, 3.8) is 0 Å². The molecule has 29 heavy (non-hydrogen) atoms. The summed E-state index contributed by atoms with van der Waals surface area (Å²) in [6, 6.07) is 6.80. The van der Waals surface area contributed by atoms with Crippen LogP contribution >= 0.6 is 11.6 Å². The molecule has 0 aliphatic heterocycles. The van der Waals surface area contributed by atoms with E-state index in [0.717, 1.165) is 0 Å². The molecule has 3 aromatic rings. The first kappa shape index (κ1) is 20.8. The van der Waals surface area contributed by atoms with Gasteiger partial charge in [0.25, 0.3) is 0 Å². The van der Waals surface area contributed by atoms with E-state index in [1.807, 2.05) is 0 Å². The number of imidazole rings is 1. The molecule has 0 aliphatic rings. The van der Waals surface area contributed by atoms with E-state index in [9.17, 15) is 9.59 Å². The van der Waals surface area contributed by atoms with Gasteiger partial charge in [0, 0.05) is 12.8 Å². The van der Waals surface area contributed by atoms with Gasteiger partial charge in [0.1, 0.15) is 11.1 Å². The second-order valence-electron chi connectivity index (χ2n) is 7.29. The van der Waals surface area contributed by atoms with Crippen LogP contribution in [0, 0.1) is 0 Å². The number of carbonyl (C=O) groups is 1. The Morgan fingerprint density at radius 2 is 2.07 bits per heavy atom. The number of carbonyl (C=O) groups excluding carboxylic acids is 1. The molecule has 2 heterocycles. The van der Waals surface area contributed by atoms with Crippen molar-refractivity contribution in [2.45, 2.75) is 32.9 Å². The maximum atomic E-state index is 13.1. The van der Waals surface area contributed by atoms with Crippen molar-refractivity contribution in [1.29, 1.82) is 0 Å². The van der Waals surface area contributed by atoms with Crippen LogP contribution in [0.1, 0.15) is 20.8 Å². The summed E-state index contributed by atoms with van der Waals surface area (Å²) in [7, 11) is 1.56. The number of halogens is 1. The number of benzene rings is 1. The molecule has 1 amide bonds. The molecule has 0 bridgehead atoms. The van der Waals surface area contributed by atoms with Crippen LogP contribution in [-0.4, -0.2) is 44.5 Å². The zero-order valence-electron chi connectivity index (χ0n) is 16.6. The maximum Gasteiger partial charge on any atom is 0.412 e. The zero-order chi connectivity index (χ0) is 21.2. The number of ether oxygens (including phenoxy) is 2. The highest BCUT2D eigenvalue weighted by molar-refractivity contribution is 6.28. The number of methoxy groups -OCH3 is 1. The molecular formula is C19H22ClN5O4. The lowest BCUT2D eigenvalue weighted by Gasteiger charge is -2.19. The number of hydrogen-bond acceptors (Lipinski definition) is 6.